The highest BCUT2D eigenvalue weighted by molar-refractivity contribution is 6.01. The fourth-order valence-electron chi connectivity index (χ4n) is 2.41. The first kappa shape index (κ1) is 14.4. The lowest BCUT2D eigenvalue weighted by molar-refractivity contribution is -0.118. The number of nitrogens with zero attached hydrogens (tertiary/aromatic N) is 3. The highest BCUT2D eigenvalue weighted by atomic mass is 19.1. The third-order valence-electron chi connectivity index (χ3n) is 3.88. The Morgan fingerprint density at radius 1 is 1.18 bits per heavy atom. The van der Waals surface area contributed by atoms with E-state index in [9.17, 15) is 9.18 Å². The molecular weight excluding hydrogens is 283 g/mol. The molecule has 1 aromatic heterocycles. The summed E-state index contributed by atoms with van der Waals surface area (Å²) in [7, 11) is 3.70. The summed E-state index contributed by atoms with van der Waals surface area (Å²) < 4.78 is 13.0. The Labute approximate surface area is 128 Å². The van der Waals surface area contributed by atoms with Crippen LogP contribution in [0, 0.1) is 5.82 Å². The van der Waals surface area contributed by atoms with Crippen LogP contribution in [-0.2, 0) is 10.2 Å². The molecule has 1 aliphatic carbocycles. The number of hydrogen-bond donors (Lipinski definition) is 1. The van der Waals surface area contributed by atoms with Crippen LogP contribution in [0.3, 0.4) is 0 Å². The third-order valence-corrected chi connectivity index (χ3v) is 3.88. The number of aromatic nitrogens is 2. The van der Waals surface area contributed by atoms with Crippen molar-refractivity contribution in [2.75, 3.05) is 24.3 Å². The van der Waals surface area contributed by atoms with Crippen molar-refractivity contribution in [2.24, 2.45) is 0 Å². The standard InChI is InChI=1S/C16H17FN4O/c1-21(2)15-18-9-13(10-19-15)20-14(22)16(7-8-16)11-3-5-12(17)6-4-11/h3-6,9-10H,7-8H2,1-2H3,(H,20,22). The number of rotatable bonds is 4. The Morgan fingerprint density at radius 2 is 1.77 bits per heavy atom. The van der Waals surface area contributed by atoms with E-state index in [1.165, 1.54) is 12.1 Å². The predicted molar refractivity (Wildman–Crippen MR) is 82.3 cm³/mol. The molecule has 0 unspecified atom stereocenters. The van der Waals surface area contributed by atoms with Gasteiger partial charge in [0, 0.05) is 14.1 Å². The summed E-state index contributed by atoms with van der Waals surface area (Å²) in [5.41, 5.74) is 0.856. The van der Waals surface area contributed by atoms with Crippen LogP contribution in [0.5, 0.6) is 0 Å². The third kappa shape index (κ3) is 2.64. The lowest BCUT2D eigenvalue weighted by atomic mass is 9.95. The first-order chi connectivity index (χ1) is 10.5. The Morgan fingerprint density at radius 3 is 2.27 bits per heavy atom. The SMILES string of the molecule is CN(C)c1ncc(NC(=O)C2(c3ccc(F)cc3)CC2)cn1. The molecule has 22 heavy (non-hydrogen) atoms. The van der Waals surface area contributed by atoms with Crippen LogP contribution in [0.1, 0.15) is 18.4 Å². The van der Waals surface area contributed by atoms with Crippen molar-refractivity contribution in [1.29, 1.82) is 0 Å². The quantitative estimate of drug-likeness (QED) is 0.941. The fraction of sp³-hybridized carbons (Fsp3) is 0.312. The van der Waals surface area contributed by atoms with Crippen LogP contribution < -0.4 is 10.2 Å². The van der Waals surface area contributed by atoms with Gasteiger partial charge in [-0.1, -0.05) is 12.1 Å². The summed E-state index contributed by atoms with van der Waals surface area (Å²) in [5, 5.41) is 2.85. The van der Waals surface area contributed by atoms with Crippen LogP contribution in [0.25, 0.3) is 0 Å². The molecule has 2 aromatic rings. The number of nitrogens with one attached hydrogen (secondary N) is 1. The van der Waals surface area contributed by atoms with E-state index in [-0.39, 0.29) is 11.7 Å². The normalized spacial score (nSPS) is 15.2. The Hall–Kier alpha value is -2.50. The lowest BCUT2D eigenvalue weighted by Crippen LogP contribution is -2.28. The van der Waals surface area contributed by atoms with Crippen LogP contribution >= 0.6 is 0 Å². The molecule has 0 atom stereocenters. The molecule has 0 spiro atoms. The monoisotopic (exact) mass is 300 g/mol. The first-order valence-corrected chi connectivity index (χ1v) is 7.08. The van der Waals surface area contributed by atoms with E-state index >= 15 is 0 Å². The van der Waals surface area contributed by atoms with Gasteiger partial charge in [-0.15, -0.1) is 0 Å². The van der Waals surface area contributed by atoms with E-state index in [4.69, 9.17) is 0 Å². The van der Waals surface area contributed by atoms with Crippen molar-refractivity contribution in [3.63, 3.8) is 0 Å². The summed E-state index contributed by atoms with van der Waals surface area (Å²) >= 11 is 0. The maximum absolute atomic E-state index is 13.0. The van der Waals surface area contributed by atoms with Crippen LogP contribution in [0.15, 0.2) is 36.7 Å². The summed E-state index contributed by atoms with van der Waals surface area (Å²) in [6, 6.07) is 6.12. The molecule has 1 amide bonds. The summed E-state index contributed by atoms with van der Waals surface area (Å²) in [6.45, 7) is 0. The van der Waals surface area contributed by atoms with Gasteiger partial charge < -0.3 is 10.2 Å². The molecule has 114 valence electrons. The van der Waals surface area contributed by atoms with E-state index < -0.39 is 5.41 Å². The number of hydrogen-bond acceptors (Lipinski definition) is 4. The van der Waals surface area contributed by atoms with Crippen molar-refractivity contribution < 1.29 is 9.18 Å². The molecule has 1 N–H and O–H groups in total. The van der Waals surface area contributed by atoms with Gasteiger partial charge in [-0.3, -0.25) is 4.79 Å². The highest BCUT2D eigenvalue weighted by Gasteiger charge is 2.51. The molecule has 1 fully saturated rings. The van der Waals surface area contributed by atoms with Gasteiger partial charge in [0.2, 0.25) is 11.9 Å². The van der Waals surface area contributed by atoms with Crippen molar-refractivity contribution in [2.45, 2.75) is 18.3 Å². The first-order valence-electron chi connectivity index (χ1n) is 7.08. The minimum atomic E-state index is -0.548. The molecule has 0 saturated heterocycles. The zero-order chi connectivity index (χ0) is 15.7. The average molecular weight is 300 g/mol. The van der Waals surface area contributed by atoms with Gasteiger partial charge in [-0.25, -0.2) is 14.4 Å². The Balaban J connectivity index is 1.75. The van der Waals surface area contributed by atoms with Crippen molar-refractivity contribution in [3.8, 4) is 0 Å². The van der Waals surface area contributed by atoms with Crippen LogP contribution in [-0.4, -0.2) is 30.0 Å². The van der Waals surface area contributed by atoms with E-state index in [0.717, 1.165) is 18.4 Å². The topological polar surface area (TPSA) is 58.1 Å². The van der Waals surface area contributed by atoms with E-state index in [2.05, 4.69) is 15.3 Å². The zero-order valence-electron chi connectivity index (χ0n) is 12.5. The molecule has 0 radical (unpaired) electrons. The predicted octanol–water partition coefficient (Wildman–Crippen LogP) is 2.35. The second kappa shape index (κ2) is 5.36. The number of carbonyl (C=O) groups is 1. The smallest absolute Gasteiger partial charge is 0.235 e. The molecule has 1 aromatic carbocycles. The number of anilines is 2. The average Bonchev–Trinajstić information content (AvgIpc) is 3.30. The van der Waals surface area contributed by atoms with Gasteiger partial charge in [0.1, 0.15) is 5.82 Å². The van der Waals surface area contributed by atoms with Crippen molar-refractivity contribution in [3.05, 3.63) is 48.0 Å². The van der Waals surface area contributed by atoms with Gasteiger partial charge in [0.05, 0.1) is 23.5 Å². The maximum atomic E-state index is 13.0. The highest BCUT2D eigenvalue weighted by Crippen LogP contribution is 2.48. The van der Waals surface area contributed by atoms with E-state index in [1.54, 1.807) is 29.4 Å². The van der Waals surface area contributed by atoms with Gasteiger partial charge >= 0.3 is 0 Å². The second-order valence-electron chi connectivity index (χ2n) is 5.71. The summed E-state index contributed by atoms with van der Waals surface area (Å²) in [4.78, 5) is 22.7. The van der Waals surface area contributed by atoms with Crippen molar-refractivity contribution >= 4 is 17.5 Å². The summed E-state index contributed by atoms with van der Waals surface area (Å²) in [5.74, 6) is 0.186. The second-order valence-corrected chi connectivity index (χ2v) is 5.71. The van der Waals surface area contributed by atoms with Gasteiger partial charge in [0.25, 0.3) is 0 Å². The van der Waals surface area contributed by atoms with E-state index in [1.807, 2.05) is 14.1 Å². The molecule has 6 heteroatoms. The molecule has 1 saturated carbocycles. The van der Waals surface area contributed by atoms with Gasteiger partial charge in [0.15, 0.2) is 0 Å². The molecule has 1 aliphatic rings. The maximum Gasteiger partial charge on any atom is 0.235 e. The molecular formula is C16H17FN4O. The Bertz CT molecular complexity index is 678. The molecule has 5 nitrogen and oxygen atoms in total. The van der Waals surface area contributed by atoms with Gasteiger partial charge in [-0.2, -0.15) is 0 Å². The Kier molecular flexibility index (Phi) is 3.52. The largest absolute Gasteiger partial charge is 0.347 e. The molecule has 0 aliphatic heterocycles. The number of halogens is 1. The summed E-state index contributed by atoms with van der Waals surface area (Å²) in [6.07, 6.45) is 4.70. The number of amides is 1. The lowest BCUT2D eigenvalue weighted by Gasteiger charge is -2.16. The minimum absolute atomic E-state index is 0.0969. The van der Waals surface area contributed by atoms with Crippen LogP contribution in [0.2, 0.25) is 0 Å². The number of benzene rings is 1. The number of carbonyl (C=O) groups excluding carboxylic acids is 1. The van der Waals surface area contributed by atoms with Crippen LogP contribution in [0.4, 0.5) is 16.0 Å². The molecule has 3 rings (SSSR count). The zero-order valence-corrected chi connectivity index (χ0v) is 12.5. The minimum Gasteiger partial charge on any atom is -0.347 e. The van der Waals surface area contributed by atoms with E-state index in [0.29, 0.717) is 11.6 Å². The van der Waals surface area contributed by atoms with Crippen molar-refractivity contribution in [1.82, 2.24) is 9.97 Å². The van der Waals surface area contributed by atoms with Gasteiger partial charge in [-0.05, 0) is 30.5 Å². The fourth-order valence-corrected chi connectivity index (χ4v) is 2.41. The molecule has 0 bridgehead atoms. The molecule has 1 heterocycles.